The van der Waals surface area contributed by atoms with Gasteiger partial charge in [0.2, 0.25) is 0 Å². The molecule has 3 rings (SSSR count). The van der Waals surface area contributed by atoms with Crippen molar-refractivity contribution < 1.29 is 19.1 Å². The third-order valence-corrected chi connectivity index (χ3v) is 5.78. The lowest BCUT2D eigenvalue weighted by atomic mass is 9.88. The van der Waals surface area contributed by atoms with Gasteiger partial charge >= 0.3 is 0 Å². The Bertz CT molecular complexity index is 918. The van der Waals surface area contributed by atoms with Gasteiger partial charge in [0, 0.05) is 30.1 Å². The van der Waals surface area contributed by atoms with Crippen molar-refractivity contribution in [1.29, 1.82) is 0 Å². The topological polar surface area (TPSA) is 55.8 Å². The van der Waals surface area contributed by atoms with Crippen molar-refractivity contribution in [2.24, 2.45) is 5.92 Å². The fourth-order valence-electron chi connectivity index (χ4n) is 3.78. The van der Waals surface area contributed by atoms with Gasteiger partial charge in [-0.15, -0.1) is 0 Å². The van der Waals surface area contributed by atoms with Gasteiger partial charge < -0.3 is 14.4 Å². The molecule has 1 saturated heterocycles. The molecule has 1 aliphatic heterocycles. The molecule has 0 saturated carbocycles. The number of ketones is 1. The first-order chi connectivity index (χ1) is 14.9. The third kappa shape index (κ3) is 5.59. The van der Waals surface area contributed by atoms with E-state index in [1.54, 1.807) is 17.0 Å². The van der Waals surface area contributed by atoms with Crippen molar-refractivity contribution in [1.82, 2.24) is 4.90 Å². The number of carbonyl (C=O) groups excluding carboxylic acids is 2. The van der Waals surface area contributed by atoms with Crippen molar-refractivity contribution in [3.8, 4) is 11.5 Å². The maximum absolute atomic E-state index is 13.1. The molecule has 2 aromatic carbocycles. The van der Waals surface area contributed by atoms with Crippen molar-refractivity contribution in [2.45, 2.75) is 40.0 Å². The van der Waals surface area contributed by atoms with Crippen LogP contribution in [0.25, 0.3) is 0 Å². The van der Waals surface area contributed by atoms with Gasteiger partial charge in [-0.05, 0) is 45.2 Å². The Morgan fingerprint density at radius 1 is 1.03 bits per heavy atom. The summed E-state index contributed by atoms with van der Waals surface area (Å²) in [6.07, 6.45) is 2.16. The van der Waals surface area contributed by atoms with E-state index < -0.39 is 0 Å². The summed E-state index contributed by atoms with van der Waals surface area (Å²) in [6.45, 7) is 7.94. The van der Waals surface area contributed by atoms with Crippen LogP contribution in [0.5, 0.6) is 11.5 Å². The Morgan fingerprint density at radius 3 is 2.32 bits per heavy atom. The number of rotatable bonds is 8. The average molecular weight is 444 g/mol. The van der Waals surface area contributed by atoms with Crippen LogP contribution in [0.4, 0.5) is 0 Å². The number of ether oxygens (including phenoxy) is 2. The zero-order valence-electron chi connectivity index (χ0n) is 18.4. The molecule has 0 unspecified atom stereocenters. The second-order valence-corrected chi connectivity index (χ2v) is 8.27. The van der Waals surface area contributed by atoms with E-state index in [1.165, 1.54) is 0 Å². The minimum atomic E-state index is -0.105. The van der Waals surface area contributed by atoms with Crippen molar-refractivity contribution in [3.63, 3.8) is 0 Å². The molecule has 0 radical (unpaired) electrons. The monoisotopic (exact) mass is 443 g/mol. The number of halogens is 1. The van der Waals surface area contributed by atoms with Crippen LogP contribution in [-0.4, -0.2) is 42.9 Å². The number of hydrogen-bond donors (Lipinski definition) is 0. The van der Waals surface area contributed by atoms with E-state index in [0.29, 0.717) is 61.2 Å². The van der Waals surface area contributed by atoms with Crippen LogP contribution in [0.2, 0.25) is 5.02 Å². The molecule has 0 N–H and O–H groups in total. The summed E-state index contributed by atoms with van der Waals surface area (Å²) < 4.78 is 11.4. The number of Topliss-reactive ketones (excluding diaryl/α,β-unsaturated/α-hetero) is 1. The Hall–Kier alpha value is -2.53. The molecule has 1 aliphatic rings. The van der Waals surface area contributed by atoms with Gasteiger partial charge in [0.1, 0.15) is 0 Å². The van der Waals surface area contributed by atoms with E-state index in [9.17, 15) is 9.59 Å². The zero-order valence-corrected chi connectivity index (χ0v) is 19.2. The predicted octanol–water partition coefficient (Wildman–Crippen LogP) is 5.57. The first kappa shape index (κ1) is 23.1. The number of piperidine rings is 1. The summed E-state index contributed by atoms with van der Waals surface area (Å²) in [5.74, 6) is 0.956. The average Bonchev–Trinajstić information content (AvgIpc) is 2.78. The van der Waals surface area contributed by atoms with Gasteiger partial charge in [-0.2, -0.15) is 0 Å². The third-order valence-electron chi connectivity index (χ3n) is 5.50. The molecule has 0 aliphatic carbocycles. The van der Waals surface area contributed by atoms with E-state index in [0.717, 1.165) is 17.5 Å². The van der Waals surface area contributed by atoms with Gasteiger partial charge in [-0.1, -0.05) is 48.4 Å². The second kappa shape index (κ2) is 10.7. The van der Waals surface area contributed by atoms with E-state index in [1.807, 2.05) is 45.0 Å². The first-order valence-electron chi connectivity index (χ1n) is 10.9. The summed E-state index contributed by atoms with van der Waals surface area (Å²) in [6, 6.07) is 11.0. The van der Waals surface area contributed by atoms with E-state index in [4.69, 9.17) is 21.1 Å². The van der Waals surface area contributed by atoms with Gasteiger partial charge in [-0.3, -0.25) is 9.59 Å². The van der Waals surface area contributed by atoms with Gasteiger partial charge in [0.05, 0.1) is 18.2 Å². The van der Waals surface area contributed by atoms with E-state index >= 15 is 0 Å². The molecule has 1 heterocycles. The fourth-order valence-corrected chi connectivity index (χ4v) is 4.04. The first-order valence-corrected chi connectivity index (χ1v) is 11.3. The van der Waals surface area contributed by atoms with Crippen LogP contribution >= 0.6 is 11.6 Å². The molecular weight excluding hydrogens is 414 g/mol. The van der Waals surface area contributed by atoms with Crippen LogP contribution < -0.4 is 9.47 Å². The Labute approximate surface area is 189 Å². The maximum Gasteiger partial charge on any atom is 0.254 e. The number of benzene rings is 2. The molecule has 5 nitrogen and oxygen atoms in total. The lowest BCUT2D eigenvalue weighted by Gasteiger charge is -2.31. The van der Waals surface area contributed by atoms with Crippen molar-refractivity contribution >= 4 is 23.3 Å². The molecular formula is C25H30ClNO4. The van der Waals surface area contributed by atoms with Gasteiger partial charge in [0.25, 0.3) is 5.91 Å². The lowest BCUT2D eigenvalue weighted by Crippen LogP contribution is -2.40. The van der Waals surface area contributed by atoms with Crippen LogP contribution in [0.15, 0.2) is 36.4 Å². The predicted molar refractivity (Wildman–Crippen MR) is 123 cm³/mol. The minimum Gasteiger partial charge on any atom is -0.490 e. The fraction of sp³-hybridized carbons (Fsp3) is 0.440. The molecule has 0 spiro atoms. The molecule has 0 aromatic heterocycles. The molecule has 6 heteroatoms. The summed E-state index contributed by atoms with van der Waals surface area (Å²) in [5.41, 5.74) is 2.35. The highest BCUT2D eigenvalue weighted by Gasteiger charge is 2.29. The van der Waals surface area contributed by atoms with Crippen LogP contribution in [0, 0.1) is 12.8 Å². The Morgan fingerprint density at radius 2 is 1.71 bits per heavy atom. The summed E-state index contributed by atoms with van der Waals surface area (Å²) in [4.78, 5) is 27.7. The molecule has 166 valence electrons. The minimum absolute atomic E-state index is 0.0563. The number of amides is 1. The SMILES string of the molecule is CCCOc1c(Cl)cc(C(=O)N2CCC(C(=O)c3ccc(C)cc3)CC2)cc1OCC. The zero-order chi connectivity index (χ0) is 22.4. The number of likely N-dealkylation sites (tertiary alicyclic amines) is 1. The molecule has 1 amide bonds. The standard InChI is InChI=1S/C25H30ClNO4/c1-4-14-31-24-21(26)15-20(16-22(24)30-5-2)25(29)27-12-10-19(11-13-27)23(28)18-8-6-17(3)7-9-18/h6-9,15-16,19H,4-5,10-14H2,1-3H3. The van der Waals surface area contributed by atoms with Crippen LogP contribution in [0.1, 0.15) is 59.4 Å². The summed E-state index contributed by atoms with van der Waals surface area (Å²) in [5, 5.41) is 0.368. The summed E-state index contributed by atoms with van der Waals surface area (Å²) in [7, 11) is 0. The Balaban J connectivity index is 1.68. The quantitative estimate of drug-likeness (QED) is 0.500. The van der Waals surface area contributed by atoms with Crippen molar-refractivity contribution in [2.75, 3.05) is 26.3 Å². The number of aryl methyl sites for hydroxylation is 1. The second-order valence-electron chi connectivity index (χ2n) is 7.86. The highest BCUT2D eigenvalue weighted by molar-refractivity contribution is 6.32. The highest BCUT2D eigenvalue weighted by atomic mass is 35.5. The Kier molecular flexibility index (Phi) is 7.97. The molecule has 0 atom stereocenters. The number of hydrogen-bond acceptors (Lipinski definition) is 4. The normalized spacial score (nSPS) is 14.4. The van der Waals surface area contributed by atoms with Crippen molar-refractivity contribution in [3.05, 3.63) is 58.1 Å². The van der Waals surface area contributed by atoms with Gasteiger partial charge in [0.15, 0.2) is 17.3 Å². The molecule has 1 fully saturated rings. The van der Waals surface area contributed by atoms with E-state index in [2.05, 4.69) is 0 Å². The highest BCUT2D eigenvalue weighted by Crippen LogP contribution is 2.37. The van der Waals surface area contributed by atoms with Crippen LogP contribution in [0.3, 0.4) is 0 Å². The molecule has 2 aromatic rings. The van der Waals surface area contributed by atoms with E-state index in [-0.39, 0.29) is 17.6 Å². The lowest BCUT2D eigenvalue weighted by molar-refractivity contribution is 0.0650. The number of nitrogens with zero attached hydrogens (tertiary/aromatic N) is 1. The van der Waals surface area contributed by atoms with Crippen LogP contribution in [-0.2, 0) is 0 Å². The molecule has 0 bridgehead atoms. The number of carbonyl (C=O) groups is 2. The largest absolute Gasteiger partial charge is 0.490 e. The maximum atomic E-state index is 13.1. The molecule has 31 heavy (non-hydrogen) atoms. The smallest absolute Gasteiger partial charge is 0.254 e. The van der Waals surface area contributed by atoms with Gasteiger partial charge in [-0.25, -0.2) is 0 Å². The summed E-state index contributed by atoms with van der Waals surface area (Å²) >= 11 is 6.41.